The molecule has 0 spiro atoms. The van der Waals surface area contributed by atoms with Gasteiger partial charge < -0.3 is 4.42 Å². The van der Waals surface area contributed by atoms with E-state index >= 15 is 0 Å². The Balaban J connectivity index is 2.05. The minimum Gasteiger partial charge on any atom is -0.437 e. The topological polar surface area (TPSA) is 29.9 Å². The van der Waals surface area contributed by atoms with E-state index < -0.39 is 19.6 Å². The number of rotatable bonds is 2. The minimum absolute atomic E-state index is 0.105. The van der Waals surface area contributed by atoms with Gasteiger partial charge in [0.1, 0.15) is 7.05 Å². The minimum atomic E-state index is -3.06. The number of nitrogens with zero attached hydrogens (tertiary/aromatic N) is 2. The first kappa shape index (κ1) is 8.97. The Morgan fingerprint density at radius 3 is 2.92 bits per heavy atom. The van der Waals surface area contributed by atoms with Crippen molar-refractivity contribution >= 4 is 22.1 Å². The Morgan fingerprint density at radius 2 is 2.08 bits per heavy atom. The van der Waals surface area contributed by atoms with E-state index in [1.165, 1.54) is 12.1 Å². The van der Waals surface area contributed by atoms with Gasteiger partial charge in [-0.3, -0.25) is 0 Å². The number of benzene rings is 1. The maximum atomic E-state index is 8.53. The molecule has 0 bridgehead atoms. The summed E-state index contributed by atoms with van der Waals surface area (Å²) in [6.07, 6.45) is 3.21. The number of aromatic nitrogens is 2. The summed E-state index contributed by atoms with van der Waals surface area (Å²) in [6.45, 7) is -4.22. The van der Waals surface area contributed by atoms with Gasteiger partial charge in [-0.05, 0) is 36.1 Å². The quantitative estimate of drug-likeness (QED) is 0.491. The molecule has 0 unspecified atom stereocenters. The van der Waals surface area contributed by atoms with Crippen molar-refractivity contribution in [2.75, 3.05) is 0 Å². The van der Waals surface area contributed by atoms with Crippen LogP contribution in [-0.2, 0) is 7.05 Å². The van der Waals surface area contributed by atoms with Gasteiger partial charge in [0.15, 0.2) is 11.8 Å². The van der Waals surface area contributed by atoms with Gasteiger partial charge in [-0.15, -0.1) is 0 Å². The second kappa shape index (κ2) is 5.45. The van der Waals surface area contributed by atoms with Gasteiger partial charge in [0.2, 0.25) is 11.4 Å². The van der Waals surface area contributed by atoms with Crippen molar-refractivity contribution in [3.05, 3.63) is 59.9 Å². The van der Waals surface area contributed by atoms with Crippen LogP contribution in [0, 0.1) is 6.92 Å². The molecule has 0 saturated carbocycles. The molecule has 120 valence electrons. The van der Waals surface area contributed by atoms with Crippen LogP contribution in [0.5, 0.6) is 0 Å². The molecule has 0 radical (unpaired) electrons. The Bertz CT molecular complexity index is 1290. The maximum Gasteiger partial charge on any atom is 0.227 e. The zero-order valence-electron chi connectivity index (χ0n) is 20.4. The van der Waals surface area contributed by atoms with Crippen LogP contribution < -0.4 is 4.57 Å². The SMILES string of the molecule is [2H]C([2H])([2H])C([2H])(c1cc[n+](C)c(-c2c(C)ccc3c2oc2ncccc23)c1)C([2H])([2H])[2H]. The lowest BCUT2D eigenvalue weighted by Gasteiger charge is -2.09. The smallest absolute Gasteiger partial charge is 0.227 e. The van der Waals surface area contributed by atoms with E-state index in [2.05, 4.69) is 4.98 Å². The summed E-state index contributed by atoms with van der Waals surface area (Å²) in [6, 6.07) is 10.4. The van der Waals surface area contributed by atoms with Crippen molar-refractivity contribution in [1.29, 1.82) is 0 Å². The average Bonchev–Trinajstić information content (AvgIpc) is 3.05. The molecule has 3 heterocycles. The second-order valence-corrected chi connectivity index (χ2v) is 5.88. The van der Waals surface area contributed by atoms with Crippen LogP contribution in [0.4, 0.5) is 0 Å². The Labute approximate surface area is 151 Å². The monoisotopic (exact) mass is 324 g/mol. The summed E-state index contributed by atoms with van der Waals surface area (Å²) in [5.74, 6) is -2.78. The predicted molar refractivity (Wildman–Crippen MR) is 97.0 cm³/mol. The molecule has 3 aromatic heterocycles. The van der Waals surface area contributed by atoms with Gasteiger partial charge in [-0.1, -0.05) is 25.8 Å². The lowest BCUT2D eigenvalue weighted by atomic mass is 9.97. The molecule has 0 aliphatic rings. The summed E-state index contributed by atoms with van der Waals surface area (Å²) in [7, 11) is 1.77. The Hall–Kier alpha value is -2.68. The molecule has 4 rings (SSSR count). The third kappa shape index (κ3) is 2.20. The van der Waals surface area contributed by atoms with Gasteiger partial charge in [0.25, 0.3) is 0 Å². The van der Waals surface area contributed by atoms with Crippen LogP contribution in [0.15, 0.2) is 53.2 Å². The van der Waals surface area contributed by atoms with Crippen molar-refractivity contribution in [2.45, 2.75) is 26.5 Å². The Morgan fingerprint density at radius 1 is 1.21 bits per heavy atom. The molecular formula is C21H21N2O+. The molecule has 0 amide bonds. The van der Waals surface area contributed by atoms with E-state index in [1.807, 2.05) is 31.2 Å². The number of hydrogen-bond donors (Lipinski definition) is 0. The normalized spacial score (nSPS) is 17.5. The highest BCUT2D eigenvalue weighted by Crippen LogP contribution is 2.36. The van der Waals surface area contributed by atoms with E-state index in [0.29, 0.717) is 22.6 Å². The number of furan rings is 1. The zero-order valence-corrected chi connectivity index (χ0v) is 13.4. The van der Waals surface area contributed by atoms with Gasteiger partial charge in [0, 0.05) is 38.7 Å². The molecule has 24 heavy (non-hydrogen) atoms. The first-order valence-corrected chi connectivity index (χ1v) is 7.63. The first-order valence-electron chi connectivity index (χ1n) is 11.1. The van der Waals surface area contributed by atoms with E-state index in [0.717, 1.165) is 16.3 Å². The Kier molecular flexibility index (Phi) is 2.04. The maximum absolute atomic E-state index is 8.53. The van der Waals surface area contributed by atoms with Crippen LogP contribution in [0.25, 0.3) is 33.3 Å². The van der Waals surface area contributed by atoms with Crippen molar-refractivity contribution in [2.24, 2.45) is 7.05 Å². The van der Waals surface area contributed by atoms with Crippen LogP contribution >= 0.6 is 0 Å². The van der Waals surface area contributed by atoms with Gasteiger partial charge in [0.05, 0.1) is 5.56 Å². The lowest BCUT2D eigenvalue weighted by molar-refractivity contribution is -0.660. The molecular weight excluding hydrogens is 296 g/mol. The number of pyridine rings is 2. The fourth-order valence-electron chi connectivity index (χ4n) is 3.06. The first-order chi connectivity index (χ1) is 14.4. The second-order valence-electron chi connectivity index (χ2n) is 5.88. The largest absolute Gasteiger partial charge is 0.437 e. The molecule has 0 saturated heterocycles. The van der Waals surface area contributed by atoms with Crippen LogP contribution in [0.1, 0.15) is 40.3 Å². The van der Waals surface area contributed by atoms with Crippen molar-refractivity contribution < 1.29 is 18.6 Å². The summed E-state index contributed by atoms with van der Waals surface area (Å²) >= 11 is 0. The van der Waals surface area contributed by atoms with E-state index in [9.17, 15) is 0 Å². The fraction of sp³-hybridized carbons (Fsp3) is 0.238. The summed E-state index contributed by atoms with van der Waals surface area (Å²) in [4.78, 5) is 4.27. The third-order valence-electron chi connectivity index (χ3n) is 4.32. The molecule has 4 aromatic rings. The highest BCUT2D eigenvalue weighted by Gasteiger charge is 2.21. The summed E-state index contributed by atoms with van der Waals surface area (Å²) < 4.78 is 63.2. The molecule has 0 atom stereocenters. The van der Waals surface area contributed by atoms with Crippen molar-refractivity contribution in [3.63, 3.8) is 0 Å². The molecule has 0 fully saturated rings. The van der Waals surface area contributed by atoms with Gasteiger partial charge in [-0.25, -0.2) is 9.55 Å². The van der Waals surface area contributed by atoms with Gasteiger partial charge >= 0.3 is 0 Å². The van der Waals surface area contributed by atoms with E-state index in [-0.39, 0.29) is 5.56 Å². The highest BCUT2D eigenvalue weighted by atomic mass is 16.3. The zero-order chi connectivity index (χ0) is 22.8. The molecule has 1 aromatic carbocycles. The molecule has 3 heteroatoms. The van der Waals surface area contributed by atoms with Crippen LogP contribution in [0.2, 0.25) is 0 Å². The standard InChI is InChI=1S/C21H21N2O/c1-13(2)15-9-11-23(4)18(12-15)19-14(3)7-8-16-17-6-5-10-22-21(17)24-20(16)19/h5-13H,1-4H3/q+1/i1D3,2D3,13D. The fourth-order valence-corrected chi connectivity index (χ4v) is 3.06. The number of aryl methyl sites for hydroxylation is 2. The number of fused-ring (bicyclic) bond motifs is 3. The summed E-state index contributed by atoms with van der Waals surface area (Å²) in [5, 5.41) is 1.69. The lowest BCUT2D eigenvalue weighted by Crippen LogP contribution is -2.31. The van der Waals surface area contributed by atoms with Gasteiger partial charge in [-0.2, -0.15) is 0 Å². The third-order valence-corrected chi connectivity index (χ3v) is 4.32. The van der Waals surface area contributed by atoms with Crippen molar-refractivity contribution in [3.8, 4) is 11.3 Å². The van der Waals surface area contributed by atoms with Crippen LogP contribution in [-0.4, -0.2) is 4.98 Å². The summed E-state index contributed by atoms with van der Waals surface area (Å²) in [5.41, 5.74) is 3.04. The molecule has 0 aliphatic carbocycles. The van der Waals surface area contributed by atoms with E-state index in [1.54, 1.807) is 24.0 Å². The molecule has 0 N–H and O–H groups in total. The predicted octanol–water partition coefficient (Wildman–Crippen LogP) is 4.90. The van der Waals surface area contributed by atoms with Crippen LogP contribution in [0.3, 0.4) is 0 Å². The van der Waals surface area contributed by atoms with Crippen molar-refractivity contribution in [1.82, 2.24) is 4.98 Å². The average molecular weight is 324 g/mol. The highest BCUT2D eigenvalue weighted by molar-refractivity contribution is 6.08. The number of hydrogen-bond acceptors (Lipinski definition) is 2. The van der Waals surface area contributed by atoms with E-state index in [4.69, 9.17) is 14.0 Å². The molecule has 3 nitrogen and oxygen atoms in total. The molecule has 0 aliphatic heterocycles.